The van der Waals surface area contributed by atoms with Crippen LogP contribution in [0.25, 0.3) is 5.65 Å². The number of halogens is 3. The van der Waals surface area contributed by atoms with Gasteiger partial charge in [0.2, 0.25) is 0 Å². The molecule has 3 aromatic heterocycles. The van der Waals surface area contributed by atoms with Crippen LogP contribution in [-0.4, -0.2) is 44.4 Å². The summed E-state index contributed by atoms with van der Waals surface area (Å²) in [6.07, 6.45) is -3.52. The van der Waals surface area contributed by atoms with Gasteiger partial charge < -0.3 is 10.2 Å². The Morgan fingerprint density at radius 3 is 2.65 bits per heavy atom. The first kappa shape index (κ1) is 16.6. The Balaban J connectivity index is 1.31. The standard InChI is InChI=1S/C16H16F3N7/c1-10-22-23-14-4-5-15(24-26(10)14)25-8-11(9-25)6-20-13-3-2-12(7-21-13)16(17,18)19/h2-5,7,11H,6,8-9H2,1H3,(H,20,21). The predicted octanol–water partition coefficient (Wildman–Crippen LogP) is 2.39. The maximum atomic E-state index is 12.5. The fourth-order valence-corrected chi connectivity index (χ4v) is 2.86. The molecule has 0 bridgehead atoms. The molecule has 0 saturated carbocycles. The van der Waals surface area contributed by atoms with Crippen LogP contribution in [0.4, 0.5) is 24.8 Å². The number of nitrogens with zero attached hydrogens (tertiary/aromatic N) is 6. The zero-order valence-electron chi connectivity index (χ0n) is 13.9. The number of hydrogen-bond donors (Lipinski definition) is 1. The van der Waals surface area contributed by atoms with Crippen LogP contribution in [-0.2, 0) is 6.18 Å². The molecule has 1 saturated heterocycles. The third-order valence-electron chi connectivity index (χ3n) is 4.35. The molecule has 1 N–H and O–H groups in total. The fourth-order valence-electron chi connectivity index (χ4n) is 2.86. The van der Waals surface area contributed by atoms with E-state index in [0.717, 1.165) is 37.0 Å². The first-order valence-electron chi connectivity index (χ1n) is 8.11. The van der Waals surface area contributed by atoms with Gasteiger partial charge in [-0.2, -0.15) is 17.7 Å². The number of nitrogens with one attached hydrogen (secondary N) is 1. The fraction of sp³-hybridized carbons (Fsp3) is 0.375. The van der Waals surface area contributed by atoms with Gasteiger partial charge in [-0.05, 0) is 31.2 Å². The number of fused-ring (bicyclic) bond motifs is 1. The van der Waals surface area contributed by atoms with Gasteiger partial charge in [0.15, 0.2) is 11.5 Å². The summed E-state index contributed by atoms with van der Waals surface area (Å²) in [6, 6.07) is 6.16. The van der Waals surface area contributed by atoms with Crippen molar-refractivity contribution >= 4 is 17.3 Å². The van der Waals surface area contributed by atoms with Crippen LogP contribution in [0.1, 0.15) is 11.4 Å². The van der Waals surface area contributed by atoms with E-state index < -0.39 is 11.7 Å². The summed E-state index contributed by atoms with van der Waals surface area (Å²) in [6.45, 7) is 4.11. The molecule has 7 nitrogen and oxygen atoms in total. The van der Waals surface area contributed by atoms with Gasteiger partial charge in [-0.1, -0.05) is 0 Å². The second kappa shape index (κ2) is 6.11. The van der Waals surface area contributed by atoms with Crippen molar-refractivity contribution in [2.75, 3.05) is 29.9 Å². The highest BCUT2D eigenvalue weighted by atomic mass is 19.4. The van der Waals surface area contributed by atoms with E-state index in [2.05, 4.69) is 30.5 Å². The molecule has 1 aliphatic rings. The van der Waals surface area contributed by atoms with E-state index >= 15 is 0 Å². The van der Waals surface area contributed by atoms with E-state index in [1.807, 2.05) is 19.1 Å². The Bertz CT molecular complexity index is 914. The smallest absolute Gasteiger partial charge is 0.370 e. The lowest BCUT2D eigenvalue weighted by Crippen LogP contribution is -2.50. The molecule has 0 atom stereocenters. The van der Waals surface area contributed by atoms with Gasteiger partial charge in [0.1, 0.15) is 11.6 Å². The Morgan fingerprint density at radius 2 is 1.96 bits per heavy atom. The van der Waals surface area contributed by atoms with Crippen LogP contribution < -0.4 is 10.2 Å². The highest BCUT2D eigenvalue weighted by Gasteiger charge is 2.31. The van der Waals surface area contributed by atoms with Crippen LogP contribution in [0, 0.1) is 12.8 Å². The van der Waals surface area contributed by atoms with E-state index in [9.17, 15) is 13.2 Å². The molecule has 0 unspecified atom stereocenters. The van der Waals surface area contributed by atoms with Crippen molar-refractivity contribution < 1.29 is 13.2 Å². The molecule has 1 aliphatic heterocycles. The molecule has 136 valence electrons. The van der Waals surface area contributed by atoms with Gasteiger partial charge >= 0.3 is 6.18 Å². The third-order valence-corrected chi connectivity index (χ3v) is 4.35. The Labute approximate surface area is 146 Å². The Morgan fingerprint density at radius 1 is 1.15 bits per heavy atom. The third kappa shape index (κ3) is 3.14. The minimum absolute atomic E-state index is 0.374. The summed E-state index contributed by atoms with van der Waals surface area (Å²) < 4.78 is 39.3. The number of hydrogen-bond acceptors (Lipinski definition) is 6. The van der Waals surface area contributed by atoms with Crippen LogP contribution in [0.5, 0.6) is 0 Å². The van der Waals surface area contributed by atoms with Crippen LogP contribution >= 0.6 is 0 Å². The average Bonchev–Trinajstić information content (AvgIpc) is 2.94. The minimum Gasteiger partial charge on any atom is -0.370 e. The van der Waals surface area contributed by atoms with Gasteiger partial charge in [-0.15, -0.1) is 15.3 Å². The van der Waals surface area contributed by atoms with Crippen LogP contribution in [0.2, 0.25) is 0 Å². The number of rotatable bonds is 4. The van der Waals surface area contributed by atoms with Gasteiger partial charge in [-0.3, -0.25) is 0 Å². The van der Waals surface area contributed by atoms with Gasteiger partial charge in [0.25, 0.3) is 0 Å². The van der Waals surface area contributed by atoms with E-state index in [0.29, 0.717) is 23.9 Å². The number of pyridine rings is 1. The molecule has 0 aromatic carbocycles. The summed E-state index contributed by atoms with van der Waals surface area (Å²) in [4.78, 5) is 5.95. The molecule has 0 spiro atoms. The van der Waals surface area contributed by atoms with Gasteiger partial charge in [-0.25, -0.2) is 4.98 Å². The van der Waals surface area contributed by atoms with Gasteiger partial charge in [0, 0.05) is 31.7 Å². The molecule has 4 rings (SSSR count). The molecule has 3 aromatic rings. The van der Waals surface area contributed by atoms with Crippen molar-refractivity contribution in [3.63, 3.8) is 0 Å². The zero-order chi connectivity index (χ0) is 18.3. The molecular formula is C16H16F3N7. The van der Waals surface area contributed by atoms with Crippen LogP contribution in [0.15, 0.2) is 30.5 Å². The van der Waals surface area contributed by atoms with Crippen molar-refractivity contribution in [2.24, 2.45) is 5.92 Å². The topological polar surface area (TPSA) is 71.2 Å². The summed E-state index contributed by atoms with van der Waals surface area (Å²) in [5.41, 5.74) is -0.0398. The van der Waals surface area contributed by atoms with E-state index in [-0.39, 0.29) is 0 Å². The maximum Gasteiger partial charge on any atom is 0.417 e. The van der Waals surface area contributed by atoms with Crippen molar-refractivity contribution in [2.45, 2.75) is 13.1 Å². The summed E-state index contributed by atoms with van der Waals surface area (Å²) in [7, 11) is 0. The minimum atomic E-state index is -4.36. The molecule has 0 aliphatic carbocycles. The molecule has 0 amide bonds. The molecular weight excluding hydrogens is 347 g/mol. The Hall–Kier alpha value is -2.91. The summed E-state index contributed by atoms with van der Waals surface area (Å²) in [5.74, 6) is 2.40. The second-order valence-corrected chi connectivity index (χ2v) is 6.29. The summed E-state index contributed by atoms with van der Waals surface area (Å²) >= 11 is 0. The molecule has 10 heteroatoms. The zero-order valence-corrected chi connectivity index (χ0v) is 13.9. The lowest BCUT2D eigenvalue weighted by atomic mass is 10.0. The number of anilines is 2. The first-order chi connectivity index (χ1) is 12.4. The number of aryl methyl sites for hydroxylation is 1. The first-order valence-corrected chi connectivity index (χ1v) is 8.11. The normalized spacial score (nSPS) is 15.3. The second-order valence-electron chi connectivity index (χ2n) is 6.29. The SMILES string of the molecule is Cc1nnc2ccc(N3CC(CNc4ccc(C(F)(F)F)cn4)C3)nn12. The van der Waals surface area contributed by atoms with Crippen LogP contribution in [0.3, 0.4) is 0 Å². The highest BCUT2D eigenvalue weighted by Crippen LogP contribution is 2.29. The molecule has 26 heavy (non-hydrogen) atoms. The van der Waals surface area contributed by atoms with E-state index in [4.69, 9.17) is 0 Å². The average molecular weight is 363 g/mol. The molecule has 0 radical (unpaired) electrons. The predicted molar refractivity (Wildman–Crippen MR) is 89.0 cm³/mol. The lowest BCUT2D eigenvalue weighted by Gasteiger charge is -2.40. The van der Waals surface area contributed by atoms with E-state index in [1.54, 1.807) is 4.52 Å². The molecule has 1 fully saturated rings. The van der Waals surface area contributed by atoms with Gasteiger partial charge in [0.05, 0.1) is 5.56 Å². The highest BCUT2D eigenvalue weighted by molar-refractivity contribution is 5.47. The largest absolute Gasteiger partial charge is 0.417 e. The maximum absolute atomic E-state index is 12.5. The lowest BCUT2D eigenvalue weighted by molar-refractivity contribution is -0.137. The molecule has 4 heterocycles. The number of alkyl halides is 3. The van der Waals surface area contributed by atoms with Crippen molar-refractivity contribution in [1.29, 1.82) is 0 Å². The quantitative estimate of drug-likeness (QED) is 0.768. The Kier molecular flexibility index (Phi) is 3.89. The van der Waals surface area contributed by atoms with Crippen molar-refractivity contribution in [3.8, 4) is 0 Å². The van der Waals surface area contributed by atoms with E-state index in [1.165, 1.54) is 6.07 Å². The summed E-state index contributed by atoms with van der Waals surface area (Å²) in [5, 5.41) is 15.6. The van der Waals surface area contributed by atoms with Crippen molar-refractivity contribution in [1.82, 2.24) is 24.8 Å². The van der Waals surface area contributed by atoms with Crippen molar-refractivity contribution in [3.05, 3.63) is 41.9 Å². The number of aromatic nitrogens is 5. The monoisotopic (exact) mass is 363 g/mol.